The Labute approximate surface area is 168 Å². The second-order valence-electron chi connectivity index (χ2n) is 7.35. The van der Waals surface area contributed by atoms with Crippen LogP contribution in [0.3, 0.4) is 0 Å². The zero-order valence-corrected chi connectivity index (χ0v) is 15.9. The van der Waals surface area contributed by atoms with Crippen LogP contribution in [0.5, 0.6) is 0 Å². The molecule has 146 valence electrons. The number of nitrogens with zero attached hydrogens (tertiary/aromatic N) is 5. The van der Waals surface area contributed by atoms with Crippen molar-refractivity contribution < 1.29 is 4.39 Å². The molecule has 7 heteroatoms. The van der Waals surface area contributed by atoms with E-state index in [1.54, 1.807) is 16.8 Å². The average Bonchev–Trinajstić information content (AvgIpc) is 3.35. The molecule has 1 fully saturated rings. The minimum absolute atomic E-state index is 0.245. The first-order valence-electron chi connectivity index (χ1n) is 9.77. The molecular weight excluding hydrogens is 367 g/mol. The monoisotopic (exact) mass is 388 g/mol. The lowest BCUT2D eigenvalue weighted by Crippen LogP contribution is -2.23. The van der Waals surface area contributed by atoms with Crippen LogP contribution >= 0.6 is 0 Å². The maximum atomic E-state index is 13.4. The van der Waals surface area contributed by atoms with Gasteiger partial charge in [0.1, 0.15) is 11.5 Å². The molecule has 1 saturated heterocycles. The van der Waals surface area contributed by atoms with E-state index in [9.17, 15) is 4.39 Å². The molecule has 0 saturated carbocycles. The minimum atomic E-state index is -0.269. The fourth-order valence-corrected chi connectivity index (χ4v) is 4.01. The number of halogens is 1. The fraction of sp³-hybridized carbons (Fsp3) is 0.227. The highest BCUT2D eigenvalue weighted by molar-refractivity contribution is 5.63. The summed E-state index contributed by atoms with van der Waals surface area (Å²) in [4.78, 5) is 6.67. The predicted octanol–water partition coefficient (Wildman–Crippen LogP) is 4.34. The van der Waals surface area contributed by atoms with Crippen molar-refractivity contribution in [1.82, 2.24) is 24.7 Å². The summed E-state index contributed by atoms with van der Waals surface area (Å²) in [7, 11) is 0. The zero-order chi connectivity index (χ0) is 19.6. The highest BCUT2D eigenvalue weighted by Gasteiger charge is 2.29. The summed E-state index contributed by atoms with van der Waals surface area (Å²) in [6.45, 7) is 1.90. The Morgan fingerprint density at radius 3 is 2.93 bits per heavy atom. The molecule has 0 unspecified atom stereocenters. The normalized spacial score (nSPS) is 17.1. The third-order valence-corrected chi connectivity index (χ3v) is 5.34. The minimum Gasteiger partial charge on any atom is -0.354 e. The molecule has 0 amide bonds. The molecule has 1 aliphatic rings. The van der Waals surface area contributed by atoms with E-state index in [-0.39, 0.29) is 11.9 Å². The number of nitrogens with one attached hydrogen (secondary N) is 1. The van der Waals surface area contributed by atoms with Gasteiger partial charge in [-0.1, -0.05) is 17.3 Å². The lowest BCUT2D eigenvalue weighted by Gasteiger charge is -2.22. The number of pyridine rings is 2. The van der Waals surface area contributed by atoms with Crippen LogP contribution in [0, 0.1) is 5.82 Å². The summed E-state index contributed by atoms with van der Waals surface area (Å²) in [5.41, 5.74) is 4.74. The zero-order valence-electron chi connectivity index (χ0n) is 15.9. The lowest BCUT2D eigenvalue weighted by molar-refractivity contribution is 0.245. The number of likely N-dealkylation sites (tertiary alicyclic amines) is 1. The molecular formula is C22H21FN6. The van der Waals surface area contributed by atoms with Crippen molar-refractivity contribution in [2.24, 2.45) is 0 Å². The lowest BCUT2D eigenvalue weighted by atomic mass is 10.1. The molecule has 6 nitrogen and oxygen atoms in total. The van der Waals surface area contributed by atoms with Crippen LogP contribution in [-0.4, -0.2) is 31.3 Å². The van der Waals surface area contributed by atoms with Crippen LogP contribution < -0.4 is 5.32 Å². The van der Waals surface area contributed by atoms with E-state index < -0.39 is 0 Å². The fourth-order valence-electron chi connectivity index (χ4n) is 4.01. The predicted molar refractivity (Wildman–Crippen MR) is 109 cm³/mol. The van der Waals surface area contributed by atoms with Crippen LogP contribution in [0.1, 0.15) is 30.1 Å². The number of hydrogen-bond acceptors (Lipinski definition) is 5. The standard InChI is InChI=1S/C22H21FN6/c23-17-5-1-6-18(12-17)25-19-8-9-21-22(26-27-29(21)15-19)20-7-3-11-28(20)14-16-4-2-10-24-13-16/h1-2,4-6,8-10,12-13,15,20,25H,3,7,11,14H2/t20-/m1/s1. The second kappa shape index (κ2) is 7.60. The Balaban J connectivity index is 1.39. The number of fused-ring (bicyclic) bond motifs is 1. The first kappa shape index (κ1) is 17.8. The van der Waals surface area contributed by atoms with E-state index in [1.807, 2.05) is 36.7 Å². The van der Waals surface area contributed by atoms with Crippen molar-refractivity contribution >= 4 is 16.9 Å². The van der Waals surface area contributed by atoms with Gasteiger partial charge in [-0.3, -0.25) is 9.88 Å². The highest BCUT2D eigenvalue weighted by atomic mass is 19.1. The van der Waals surface area contributed by atoms with E-state index in [2.05, 4.69) is 31.6 Å². The van der Waals surface area contributed by atoms with Gasteiger partial charge in [0.25, 0.3) is 0 Å². The van der Waals surface area contributed by atoms with Gasteiger partial charge in [-0.15, -0.1) is 5.10 Å². The molecule has 0 aliphatic carbocycles. The Morgan fingerprint density at radius 2 is 2.07 bits per heavy atom. The van der Waals surface area contributed by atoms with Crippen LogP contribution in [0.15, 0.2) is 67.1 Å². The highest BCUT2D eigenvalue weighted by Crippen LogP contribution is 2.34. The van der Waals surface area contributed by atoms with Gasteiger partial charge in [0, 0.05) is 24.6 Å². The van der Waals surface area contributed by atoms with E-state index >= 15 is 0 Å². The Kier molecular flexibility index (Phi) is 4.65. The van der Waals surface area contributed by atoms with E-state index in [0.717, 1.165) is 42.8 Å². The summed E-state index contributed by atoms with van der Waals surface area (Å²) < 4.78 is 15.2. The van der Waals surface area contributed by atoms with Gasteiger partial charge in [0.05, 0.1) is 23.4 Å². The van der Waals surface area contributed by atoms with Gasteiger partial charge in [-0.05, 0) is 61.3 Å². The van der Waals surface area contributed by atoms with E-state index in [1.165, 1.54) is 17.7 Å². The summed E-state index contributed by atoms with van der Waals surface area (Å²) in [6, 6.07) is 14.7. The smallest absolute Gasteiger partial charge is 0.125 e. The molecule has 29 heavy (non-hydrogen) atoms. The second-order valence-corrected chi connectivity index (χ2v) is 7.35. The van der Waals surface area contributed by atoms with Gasteiger partial charge in [-0.2, -0.15) is 0 Å². The Bertz CT molecular complexity index is 1130. The van der Waals surface area contributed by atoms with Gasteiger partial charge >= 0.3 is 0 Å². The number of anilines is 2. The van der Waals surface area contributed by atoms with E-state index in [0.29, 0.717) is 5.69 Å². The number of aromatic nitrogens is 4. The van der Waals surface area contributed by atoms with Gasteiger partial charge in [-0.25, -0.2) is 8.91 Å². The molecule has 3 aromatic heterocycles. The molecule has 1 aliphatic heterocycles. The van der Waals surface area contributed by atoms with Gasteiger partial charge in [0.15, 0.2) is 0 Å². The van der Waals surface area contributed by atoms with Crippen molar-refractivity contribution in [3.05, 3.63) is 84.2 Å². The van der Waals surface area contributed by atoms with Gasteiger partial charge < -0.3 is 5.32 Å². The largest absolute Gasteiger partial charge is 0.354 e. The topological polar surface area (TPSA) is 58.3 Å². The first-order valence-corrected chi connectivity index (χ1v) is 9.77. The summed E-state index contributed by atoms with van der Waals surface area (Å²) in [6.07, 6.45) is 7.81. The van der Waals surface area contributed by atoms with Crippen molar-refractivity contribution in [3.63, 3.8) is 0 Å². The molecule has 0 radical (unpaired) electrons. The maximum absolute atomic E-state index is 13.4. The molecule has 4 aromatic rings. The average molecular weight is 388 g/mol. The van der Waals surface area contributed by atoms with Crippen molar-refractivity contribution in [2.75, 3.05) is 11.9 Å². The Morgan fingerprint density at radius 1 is 1.10 bits per heavy atom. The summed E-state index contributed by atoms with van der Waals surface area (Å²) >= 11 is 0. The summed E-state index contributed by atoms with van der Waals surface area (Å²) in [5.74, 6) is -0.269. The quantitative estimate of drug-likeness (QED) is 0.551. The Hall–Kier alpha value is -3.32. The third kappa shape index (κ3) is 3.69. The maximum Gasteiger partial charge on any atom is 0.125 e. The molecule has 0 spiro atoms. The van der Waals surface area contributed by atoms with Crippen LogP contribution in [-0.2, 0) is 6.54 Å². The van der Waals surface area contributed by atoms with Crippen molar-refractivity contribution in [2.45, 2.75) is 25.4 Å². The molecule has 1 aromatic carbocycles. The first-order chi connectivity index (χ1) is 14.3. The molecule has 1 N–H and O–H groups in total. The number of benzene rings is 1. The molecule has 5 rings (SSSR count). The summed E-state index contributed by atoms with van der Waals surface area (Å²) in [5, 5.41) is 12.0. The number of hydrogen-bond donors (Lipinski definition) is 1. The van der Waals surface area contributed by atoms with Crippen LogP contribution in [0.4, 0.5) is 15.8 Å². The third-order valence-electron chi connectivity index (χ3n) is 5.34. The molecule has 4 heterocycles. The molecule has 1 atom stereocenters. The van der Waals surface area contributed by atoms with Crippen LogP contribution in [0.2, 0.25) is 0 Å². The van der Waals surface area contributed by atoms with Crippen LogP contribution in [0.25, 0.3) is 5.52 Å². The molecule has 0 bridgehead atoms. The van der Waals surface area contributed by atoms with Crippen molar-refractivity contribution in [1.29, 1.82) is 0 Å². The van der Waals surface area contributed by atoms with Crippen molar-refractivity contribution in [3.8, 4) is 0 Å². The van der Waals surface area contributed by atoms with E-state index in [4.69, 9.17) is 0 Å². The SMILES string of the molecule is Fc1cccc(Nc2ccc3c([C@H]4CCCN4Cc4cccnc4)nnn3c2)c1. The number of rotatable bonds is 5. The van der Waals surface area contributed by atoms with Gasteiger partial charge in [0.2, 0.25) is 0 Å².